The molecule has 1 saturated carbocycles. The van der Waals surface area contributed by atoms with Gasteiger partial charge in [0.05, 0.1) is 5.39 Å². The highest BCUT2D eigenvalue weighted by Crippen LogP contribution is 2.43. The summed E-state index contributed by atoms with van der Waals surface area (Å²) >= 11 is 1.68. The van der Waals surface area contributed by atoms with Crippen molar-refractivity contribution in [1.29, 1.82) is 0 Å². The van der Waals surface area contributed by atoms with Gasteiger partial charge in [0.25, 0.3) is 5.91 Å². The van der Waals surface area contributed by atoms with Gasteiger partial charge in [0, 0.05) is 48.6 Å². The zero-order valence-electron chi connectivity index (χ0n) is 18.1. The van der Waals surface area contributed by atoms with Crippen molar-refractivity contribution < 1.29 is 9.90 Å². The van der Waals surface area contributed by atoms with Crippen molar-refractivity contribution in [2.45, 2.75) is 18.8 Å². The molecule has 3 heterocycles. The lowest BCUT2D eigenvalue weighted by atomic mass is 10.1. The number of aromatic hydroxyl groups is 1. The van der Waals surface area contributed by atoms with Crippen LogP contribution in [-0.4, -0.2) is 52.1 Å². The first kappa shape index (κ1) is 20.2. The second kappa shape index (κ2) is 8.15. The Morgan fingerprint density at radius 1 is 0.970 bits per heavy atom. The van der Waals surface area contributed by atoms with E-state index in [-0.39, 0.29) is 11.7 Å². The molecule has 2 fully saturated rings. The number of rotatable bonds is 4. The van der Waals surface area contributed by atoms with Crippen LogP contribution in [0.15, 0.2) is 60.0 Å². The predicted molar refractivity (Wildman–Crippen MR) is 131 cm³/mol. The van der Waals surface area contributed by atoms with Gasteiger partial charge in [-0.25, -0.2) is 9.97 Å². The van der Waals surface area contributed by atoms with Crippen LogP contribution in [0.4, 0.5) is 5.82 Å². The molecule has 7 heteroatoms. The second-order valence-electron chi connectivity index (χ2n) is 8.70. The highest BCUT2D eigenvalue weighted by Gasteiger charge is 2.31. The summed E-state index contributed by atoms with van der Waals surface area (Å²) < 4.78 is 0. The van der Waals surface area contributed by atoms with E-state index in [1.54, 1.807) is 29.5 Å². The number of thiophene rings is 1. The Kier molecular flexibility index (Phi) is 4.99. The zero-order chi connectivity index (χ0) is 22.4. The fraction of sp³-hybridized carbons (Fsp3) is 0.269. The number of piperazine rings is 1. The first-order valence-electron chi connectivity index (χ1n) is 11.4. The lowest BCUT2D eigenvalue weighted by Gasteiger charge is -2.36. The number of phenols is 1. The van der Waals surface area contributed by atoms with E-state index >= 15 is 0 Å². The van der Waals surface area contributed by atoms with E-state index in [4.69, 9.17) is 9.97 Å². The molecule has 1 aliphatic heterocycles. The topological polar surface area (TPSA) is 69.6 Å². The van der Waals surface area contributed by atoms with Crippen LogP contribution < -0.4 is 4.90 Å². The number of fused-ring (bicyclic) bond motifs is 1. The molecule has 6 rings (SSSR count). The van der Waals surface area contributed by atoms with Crippen molar-refractivity contribution in [2.24, 2.45) is 0 Å². The van der Waals surface area contributed by atoms with Crippen molar-refractivity contribution in [3.63, 3.8) is 0 Å². The number of hydrogen-bond donors (Lipinski definition) is 1. The number of amides is 1. The Morgan fingerprint density at radius 2 is 1.76 bits per heavy atom. The van der Waals surface area contributed by atoms with Crippen LogP contribution in [-0.2, 0) is 0 Å². The summed E-state index contributed by atoms with van der Waals surface area (Å²) in [7, 11) is 0. The smallest absolute Gasteiger partial charge is 0.254 e. The van der Waals surface area contributed by atoms with Gasteiger partial charge in [-0.1, -0.05) is 36.4 Å². The molecule has 2 aliphatic rings. The third-order valence-electron chi connectivity index (χ3n) is 6.42. The number of carbonyl (C=O) groups is 1. The lowest BCUT2D eigenvalue weighted by Crippen LogP contribution is -2.49. The largest absolute Gasteiger partial charge is 0.508 e. The molecule has 33 heavy (non-hydrogen) atoms. The van der Waals surface area contributed by atoms with Gasteiger partial charge in [-0.05, 0) is 36.6 Å². The minimum atomic E-state index is -0.0439. The molecule has 6 nitrogen and oxygen atoms in total. The molecule has 0 atom stereocenters. The minimum absolute atomic E-state index is 0.0439. The first-order valence-corrected chi connectivity index (χ1v) is 12.2. The third kappa shape index (κ3) is 3.82. The van der Waals surface area contributed by atoms with Gasteiger partial charge in [0.2, 0.25) is 0 Å². The minimum Gasteiger partial charge on any atom is -0.508 e. The number of hydrogen-bond acceptors (Lipinski definition) is 6. The highest BCUT2D eigenvalue weighted by atomic mass is 32.1. The summed E-state index contributed by atoms with van der Waals surface area (Å²) in [4.78, 5) is 28.1. The number of phenolic OH excluding ortho intramolecular Hbond substituents is 1. The normalized spacial score (nSPS) is 16.4. The highest BCUT2D eigenvalue weighted by molar-refractivity contribution is 7.17. The van der Waals surface area contributed by atoms with Gasteiger partial charge in [0.15, 0.2) is 0 Å². The van der Waals surface area contributed by atoms with Gasteiger partial charge >= 0.3 is 0 Å². The number of nitrogens with zero attached hydrogens (tertiary/aromatic N) is 4. The maximum absolute atomic E-state index is 12.9. The van der Waals surface area contributed by atoms with Crippen LogP contribution in [0.5, 0.6) is 5.75 Å². The lowest BCUT2D eigenvalue weighted by molar-refractivity contribution is 0.0746. The van der Waals surface area contributed by atoms with Crippen LogP contribution in [0, 0.1) is 0 Å². The molecule has 0 unspecified atom stereocenters. The number of aromatic nitrogens is 2. The number of carbonyl (C=O) groups excluding carboxylic acids is 1. The van der Waals surface area contributed by atoms with Gasteiger partial charge in [-0.15, -0.1) is 11.3 Å². The summed E-state index contributed by atoms with van der Waals surface area (Å²) in [6.07, 6.45) is 2.32. The predicted octanol–water partition coefficient (Wildman–Crippen LogP) is 4.90. The number of anilines is 1. The fourth-order valence-corrected chi connectivity index (χ4v) is 5.41. The molecular weight excluding hydrogens is 432 g/mol. The Morgan fingerprint density at radius 3 is 2.48 bits per heavy atom. The standard InChI is InChI=1S/C26H24N4O2S/c31-20-8-4-7-19(15-20)26(32)30-13-11-29(12-14-30)24-22-21(17-5-2-1-3-6-17)16-33-25(22)28-23(27-24)18-9-10-18/h1-8,15-16,18,31H,9-14H2. The van der Waals surface area contributed by atoms with E-state index in [1.807, 2.05) is 11.0 Å². The summed E-state index contributed by atoms with van der Waals surface area (Å²) in [5, 5.41) is 13.0. The van der Waals surface area contributed by atoms with Crippen molar-refractivity contribution in [3.05, 3.63) is 71.4 Å². The van der Waals surface area contributed by atoms with Gasteiger partial charge in [-0.3, -0.25) is 4.79 Å². The number of benzene rings is 2. The second-order valence-corrected chi connectivity index (χ2v) is 9.56. The molecule has 1 N–H and O–H groups in total. The van der Waals surface area contributed by atoms with E-state index in [9.17, 15) is 9.90 Å². The monoisotopic (exact) mass is 456 g/mol. The molecule has 1 aliphatic carbocycles. The van der Waals surface area contributed by atoms with E-state index in [0.29, 0.717) is 37.7 Å². The Balaban J connectivity index is 1.32. The van der Waals surface area contributed by atoms with E-state index in [1.165, 1.54) is 17.2 Å². The average Bonchev–Trinajstić information content (AvgIpc) is 3.63. The molecule has 166 valence electrons. The van der Waals surface area contributed by atoms with Crippen LogP contribution in [0.25, 0.3) is 21.3 Å². The first-order chi connectivity index (χ1) is 16.2. The van der Waals surface area contributed by atoms with Gasteiger partial charge < -0.3 is 14.9 Å². The van der Waals surface area contributed by atoms with Crippen LogP contribution in [0.3, 0.4) is 0 Å². The van der Waals surface area contributed by atoms with Crippen molar-refractivity contribution in [1.82, 2.24) is 14.9 Å². The zero-order valence-corrected chi connectivity index (χ0v) is 19.0. The van der Waals surface area contributed by atoms with Crippen molar-refractivity contribution in [3.8, 4) is 16.9 Å². The molecule has 0 bridgehead atoms. The Bertz CT molecular complexity index is 1320. The van der Waals surface area contributed by atoms with Crippen molar-refractivity contribution in [2.75, 3.05) is 31.1 Å². The molecule has 2 aromatic carbocycles. The molecule has 2 aromatic heterocycles. The van der Waals surface area contributed by atoms with Gasteiger partial charge in [0.1, 0.15) is 22.2 Å². The third-order valence-corrected chi connectivity index (χ3v) is 7.29. The molecular formula is C26H24N4O2S. The molecule has 1 saturated heterocycles. The molecule has 1 amide bonds. The van der Waals surface area contributed by atoms with E-state index in [2.05, 4.69) is 34.5 Å². The van der Waals surface area contributed by atoms with Crippen LogP contribution >= 0.6 is 11.3 Å². The van der Waals surface area contributed by atoms with Gasteiger partial charge in [-0.2, -0.15) is 0 Å². The Labute approximate surface area is 196 Å². The molecule has 4 aromatic rings. The quantitative estimate of drug-likeness (QED) is 0.473. The van der Waals surface area contributed by atoms with E-state index < -0.39 is 0 Å². The summed E-state index contributed by atoms with van der Waals surface area (Å²) in [5.41, 5.74) is 2.87. The van der Waals surface area contributed by atoms with Crippen LogP contribution in [0.1, 0.15) is 34.9 Å². The van der Waals surface area contributed by atoms with Crippen LogP contribution in [0.2, 0.25) is 0 Å². The SMILES string of the molecule is O=C(c1cccc(O)c1)N1CCN(c2nc(C3CC3)nc3scc(-c4ccccc4)c23)CC1. The van der Waals surface area contributed by atoms with E-state index in [0.717, 1.165) is 34.7 Å². The maximum atomic E-state index is 12.9. The fourth-order valence-electron chi connectivity index (χ4n) is 4.47. The molecule has 0 spiro atoms. The molecule has 0 radical (unpaired) electrons. The van der Waals surface area contributed by atoms with Crippen molar-refractivity contribution >= 4 is 33.3 Å². The summed E-state index contributed by atoms with van der Waals surface area (Å²) in [5.74, 6) is 2.49. The summed E-state index contributed by atoms with van der Waals surface area (Å²) in [6, 6.07) is 17.0. The maximum Gasteiger partial charge on any atom is 0.254 e. The Hall–Kier alpha value is -3.45. The summed E-state index contributed by atoms with van der Waals surface area (Å²) in [6.45, 7) is 2.66. The average molecular weight is 457 g/mol.